The summed E-state index contributed by atoms with van der Waals surface area (Å²) in [5, 5.41) is 3.60. The Kier molecular flexibility index (Phi) is 5.20. The van der Waals surface area contributed by atoms with E-state index in [4.69, 9.17) is 4.74 Å². The van der Waals surface area contributed by atoms with E-state index < -0.39 is 0 Å². The van der Waals surface area contributed by atoms with Crippen LogP contribution in [0.2, 0.25) is 0 Å². The van der Waals surface area contributed by atoms with Gasteiger partial charge in [-0.1, -0.05) is 13.0 Å². The summed E-state index contributed by atoms with van der Waals surface area (Å²) in [4.78, 5) is 0. The number of hydrogen-bond donors (Lipinski definition) is 1. The fourth-order valence-electron chi connectivity index (χ4n) is 2.50. The number of hydrogen-bond acceptors (Lipinski definition) is 2. The quantitative estimate of drug-likeness (QED) is 0.776. The first-order chi connectivity index (χ1) is 9.24. The van der Waals surface area contributed by atoms with Crippen molar-refractivity contribution in [1.82, 2.24) is 5.32 Å². The van der Waals surface area contributed by atoms with E-state index in [1.165, 1.54) is 18.9 Å². The van der Waals surface area contributed by atoms with Crippen molar-refractivity contribution in [3.8, 4) is 5.75 Å². The molecule has 0 aromatic heterocycles. The third-order valence-electron chi connectivity index (χ3n) is 3.83. The molecule has 1 fully saturated rings. The van der Waals surface area contributed by atoms with Crippen molar-refractivity contribution >= 4 is 0 Å². The zero-order valence-corrected chi connectivity index (χ0v) is 11.9. The molecule has 1 unspecified atom stereocenters. The second-order valence-corrected chi connectivity index (χ2v) is 5.39. The maximum atomic E-state index is 13.9. The van der Waals surface area contributed by atoms with Crippen LogP contribution >= 0.6 is 0 Å². The van der Waals surface area contributed by atoms with Crippen molar-refractivity contribution in [3.05, 3.63) is 29.6 Å². The van der Waals surface area contributed by atoms with E-state index in [1.54, 1.807) is 7.11 Å². The van der Waals surface area contributed by atoms with E-state index in [1.807, 2.05) is 12.1 Å². The van der Waals surface area contributed by atoms with Crippen LogP contribution in [0.5, 0.6) is 5.75 Å². The van der Waals surface area contributed by atoms with E-state index in [0.29, 0.717) is 11.8 Å². The van der Waals surface area contributed by atoms with Gasteiger partial charge in [0.15, 0.2) is 0 Å². The van der Waals surface area contributed by atoms with Gasteiger partial charge in [-0.15, -0.1) is 0 Å². The second kappa shape index (κ2) is 6.90. The molecule has 1 aromatic carbocycles. The molecule has 0 spiro atoms. The molecule has 1 aliphatic carbocycles. The molecule has 0 saturated heterocycles. The Hall–Kier alpha value is -1.09. The number of ether oxygens (including phenoxy) is 1. The average molecular weight is 265 g/mol. The molecule has 1 N–H and O–H groups in total. The van der Waals surface area contributed by atoms with Crippen LogP contribution in [0.4, 0.5) is 4.39 Å². The first-order valence-corrected chi connectivity index (χ1v) is 7.30. The summed E-state index contributed by atoms with van der Waals surface area (Å²) in [6, 6.07) is 5.71. The average Bonchev–Trinajstić information content (AvgIpc) is 3.24. The minimum atomic E-state index is -0.149. The summed E-state index contributed by atoms with van der Waals surface area (Å²) in [7, 11) is 1.56. The maximum Gasteiger partial charge on any atom is 0.130 e. The van der Waals surface area contributed by atoms with E-state index in [-0.39, 0.29) is 5.82 Å². The van der Waals surface area contributed by atoms with Crippen LogP contribution in [0.3, 0.4) is 0 Å². The van der Waals surface area contributed by atoms with Crippen LogP contribution in [0, 0.1) is 11.7 Å². The molecule has 106 valence electrons. The van der Waals surface area contributed by atoms with Crippen molar-refractivity contribution in [3.63, 3.8) is 0 Å². The number of aryl methyl sites for hydroxylation is 1. The largest absolute Gasteiger partial charge is 0.497 e. The maximum absolute atomic E-state index is 13.9. The Morgan fingerprint density at radius 1 is 1.42 bits per heavy atom. The first-order valence-electron chi connectivity index (χ1n) is 7.30. The fraction of sp³-hybridized carbons (Fsp3) is 0.625. The third kappa shape index (κ3) is 4.20. The molecular weight excluding hydrogens is 241 g/mol. The Labute approximate surface area is 115 Å². The lowest BCUT2D eigenvalue weighted by molar-refractivity contribution is 0.409. The van der Waals surface area contributed by atoms with Gasteiger partial charge in [-0.3, -0.25) is 0 Å². The van der Waals surface area contributed by atoms with Crippen LogP contribution in [0.25, 0.3) is 0 Å². The molecule has 0 amide bonds. The van der Waals surface area contributed by atoms with Crippen molar-refractivity contribution < 1.29 is 9.13 Å². The number of benzene rings is 1. The van der Waals surface area contributed by atoms with Gasteiger partial charge in [-0.05, 0) is 56.2 Å². The highest BCUT2D eigenvalue weighted by molar-refractivity contribution is 5.29. The number of rotatable bonds is 8. The zero-order chi connectivity index (χ0) is 13.7. The molecule has 19 heavy (non-hydrogen) atoms. The Balaban J connectivity index is 1.89. The fourth-order valence-corrected chi connectivity index (χ4v) is 2.50. The van der Waals surface area contributed by atoms with Crippen LogP contribution in [0.1, 0.15) is 38.2 Å². The molecular formula is C16H24FNO. The lowest BCUT2D eigenvalue weighted by Crippen LogP contribution is -2.32. The molecule has 1 atom stereocenters. The summed E-state index contributed by atoms with van der Waals surface area (Å²) < 4.78 is 18.9. The normalized spacial score (nSPS) is 16.4. The lowest BCUT2D eigenvalue weighted by Gasteiger charge is -2.18. The highest BCUT2D eigenvalue weighted by Gasteiger charge is 2.30. The summed E-state index contributed by atoms with van der Waals surface area (Å²) in [5.41, 5.74) is 0.796. The molecule has 0 bridgehead atoms. The van der Waals surface area contributed by atoms with Crippen molar-refractivity contribution in [1.29, 1.82) is 0 Å². The highest BCUT2D eigenvalue weighted by Crippen LogP contribution is 2.34. The first kappa shape index (κ1) is 14.3. The zero-order valence-electron chi connectivity index (χ0n) is 11.9. The van der Waals surface area contributed by atoms with E-state index in [9.17, 15) is 4.39 Å². The second-order valence-electron chi connectivity index (χ2n) is 5.39. The molecule has 1 saturated carbocycles. The van der Waals surface area contributed by atoms with E-state index in [2.05, 4.69) is 12.2 Å². The van der Waals surface area contributed by atoms with Crippen LogP contribution in [0.15, 0.2) is 18.2 Å². The Morgan fingerprint density at radius 2 is 2.21 bits per heavy atom. The van der Waals surface area contributed by atoms with Gasteiger partial charge in [0.2, 0.25) is 0 Å². The van der Waals surface area contributed by atoms with Gasteiger partial charge in [0.05, 0.1) is 7.11 Å². The van der Waals surface area contributed by atoms with E-state index >= 15 is 0 Å². The number of methoxy groups -OCH3 is 1. The number of nitrogens with one attached hydrogen (secondary N) is 1. The molecule has 2 rings (SSSR count). The van der Waals surface area contributed by atoms with Gasteiger partial charge in [-0.2, -0.15) is 0 Å². The smallest absolute Gasteiger partial charge is 0.130 e. The van der Waals surface area contributed by atoms with Gasteiger partial charge in [-0.25, -0.2) is 4.39 Å². The van der Waals surface area contributed by atoms with Gasteiger partial charge in [0, 0.05) is 12.1 Å². The molecule has 1 aliphatic rings. The lowest BCUT2D eigenvalue weighted by atomic mass is 10.0. The van der Waals surface area contributed by atoms with Crippen molar-refractivity contribution in [2.24, 2.45) is 5.92 Å². The summed E-state index contributed by atoms with van der Waals surface area (Å²) >= 11 is 0. The SMILES string of the molecule is CCCNC(CCc1ccc(OC)cc1F)C1CC1. The molecule has 2 nitrogen and oxygen atoms in total. The van der Waals surface area contributed by atoms with Gasteiger partial charge in [0.1, 0.15) is 11.6 Å². The molecule has 1 aromatic rings. The third-order valence-corrected chi connectivity index (χ3v) is 3.83. The van der Waals surface area contributed by atoms with Crippen LogP contribution in [-0.2, 0) is 6.42 Å². The highest BCUT2D eigenvalue weighted by atomic mass is 19.1. The standard InChI is InChI=1S/C16H24FNO/c1-3-10-18-16(13-4-5-13)9-7-12-6-8-14(19-2)11-15(12)17/h6,8,11,13,16,18H,3-5,7,9-10H2,1-2H3. The van der Waals surface area contributed by atoms with Gasteiger partial charge >= 0.3 is 0 Å². The predicted octanol–water partition coefficient (Wildman–Crippen LogP) is 3.55. The van der Waals surface area contributed by atoms with E-state index in [0.717, 1.165) is 37.3 Å². The summed E-state index contributed by atoms with van der Waals surface area (Å²) in [5.74, 6) is 1.25. The van der Waals surface area contributed by atoms with Crippen molar-refractivity contribution in [2.75, 3.05) is 13.7 Å². The van der Waals surface area contributed by atoms with Crippen LogP contribution < -0.4 is 10.1 Å². The number of halogens is 1. The van der Waals surface area contributed by atoms with Gasteiger partial charge in [0.25, 0.3) is 0 Å². The van der Waals surface area contributed by atoms with Crippen LogP contribution in [-0.4, -0.2) is 19.7 Å². The predicted molar refractivity (Wildman–Crippen MR) is 76.1 cm³/mol. The molecule has 0 heterocycles. The summed E-state index contributed by atoms with van der Waals surface area (Å²) in [6.45, 7) is 3.24. The topological polar surface area (TPSA) is 21.3 Å². The monoisotopic (exact) mass is 265 g/mol. The summed E-state index contributed by atoms with van der Waals surface area (Å²) in [6.07, 6.45) is 5.63. The minimum absolute atomic E-state index is 0.149. The molecule has 0 radical (unpaired) electrons. The Morgan fingerprint density at radius 3 is 2.79 bits per heavy atom. The Bertz CT molecular complexity index is 404. The minimum Gasteiger partial charge on any atom is -0.497 e. The molecule has 3 heteroatoms. The van der Waals surface area contributed by atoms with Crippen molar-refractivity contribution in [2.45, 2.75) is 45.1 Å². The molecule has 0 aliphatic heterocycles. The van der Waals surface area contributed by atoms with Gasteiger partial charge < -0.3 is 10.1 Å².